The molecule has 9 nitrogen and oxygen atoms in total. The van der Waals surface area contributed by atoms with Crippen LogP contribution in [0.3, 0.4) is 0 Å². The Labute approximate surface area is 156 Å². The zero-order chi connectivity index (χ0) is 20.0. The number of H-pyrrole nitrogens is 2. The second kappa shape index (κ2) is 6.38. The van der Waals surface area contributed by atoms with Crippen LogP contribution in [0.2, 0.25) is 0 Å². The number of aromatic nitrogens is 3. The van der Waals surface area contributed by atoms with Gasteiger partial charge in [-0.1, -0.05) is 0 Å². The second-order valence-electron chi connectivity index (χ2n) is 6.15. The van der Waals surface area contributed by atoms with Gasteiger partial charge in [0.1, 0.15) is 33.3 Å². The van der Waals surface area contributed by atoms with Gasteiger partial charge in [0.15, 0.2) is 0 Å². The van der Waals surface area contributed by atoms with Crippen LogP contribution in [0.4, 0.5) is 0 Å². The van der Waals surface area contributed by atoms with E-state index in [2.05, 4.69) is 9.97 Å². The Kier molecular flexibility index (Phi) is 3.99. The Morgan fingerprint density at radius 1 is 0.857 bits per heavy atom. The van der Waals surface area contributed by atoms with Gasteiger partial charge in [0.2, 0.25) is 10.9 Å². The Hall–Kier alpha value is -3.88. The van der Waals surface area contributed by atoms with Gasteiger partial charge in [0.05, 0.1) is 20.8 Å². The molecule has 9 heteroatoms. The summed E-state index contributed by atoms with van der Waals surface area (Å²) < 4.78 is 11.3. The number of methoxy groups -OCH3 is 2. The van der Waals surface area contributed by atoms with Gasteiger partial charge in [-0.3, -0.25) is 23.7 Å². The van der Waals surface area contributed by atoms with E-state index in [1.54, 1.807) is 18.2 Å². The molecular weight excluding hydrogens is 366 g/mol. The lowest BCUT2D eigenvalue weighted by molar-refractivity contribution is 0.390. The molecule has 0 aliphatic heterocycles. The number of hydrogen-bond acceptors (Lipinski definition) is 6. The highest BCUT2D eigenvalue weighted by atomic mass is 16.5. The molecule has 0 spiro atoms. The number of hydrogen-bond donors (Lipinski definition) is 2. The Morgan fingerprint density at radius 3 is 1.93 bits per heavy atom. The van der Waals surface area contributed by atoms with E-state index < -0.39 is 32.7 Å². The summed E-state index contributed by atoms with van der Waals surface area (Å²) >= 11 is 0. The zero-order valence-electron chi connectivity index (χ0n) is 15.0. The number of benzene rings is 2. The van der Waals surface area contributed by atoms with Crippen molar-refractivity contribution in [3.05, 3.63) is 77.3 Å². The monoisotopic (exact) mass is 381 g/mol. The maximum absolute atomic E-state index is 12.8. The Balaban J connectivity index is 2.02. The standard InChI is InChI=1S/C19H15N3O6/c1-27-10-4-3-9(11(7-10)28-2)8-22-18(25)12-13(19(22)26)17(24)15-14(16(12)23)20-5-6-21-15/h3-7,20-21H,8H2,1-2H3. The lowest BCUT2D eigenvalue weighted by atomic mass is 10.1. The van der Waals surface area contributed by atoms with Gasteiger partial charge in [-0.05, 0) is 12.1 Å². The first-order valence-electron chi connectivity index (χ1n) is 8.31. The number of nitrogens with one attached hydrogen (secondary N) is 2. The molecular formula is C19H15N3O6. The van der Waals surface area contributed by atoms with E-state index in [1.807, 2.05) is 0 Å². The Morgan fingerprint density at radius 2 is 1.43 bits per heavy atom. The first-order valence-corrected chi connectivity index (χ1v) is 8.31. The average Bonchev–Trinajstić information content (AvgIpc) is 2.97. The largest absolute Gasteiger partial charge is 0.497 e. The van der Waals surface area contributed by atoms with Crippen molar-refractivity contribution in [1.29, 1.82) is 0 Å². The number of nitrogens with zero attached hydrogens (tertiary/aromatic N) is 1. The number of ether oxygens (including phenoxy) is 2. The summed E-state index contributed by atoms with van der Waals surface area (Å²) in [6, 6.07) is 4.92. The fourth-order valence-corrected chi connectivity index (χ4v) is 3.30. The SMILES string of the molecule is COc1ccc(Cn2c(=O)c3c(=O)c4[nH]cc[nH]c4c(=O)c3c2=O)c(OC)c1. The molecule has 0 bridgehead atoms. The lowest BCUT2D eigenvalue weighted by Crippen LogP contribution is -2.27. The van der Waals surface area contributed by atoms with Crippen molar-refractivity contribution < 1.29 is 9.47 Å². The van der Waals surface area contributed by atoms with E-state index in [1.165, 1.54) is 26.6 Å². The van der Waals surface area contributed by atoms with Gasteiger partial charge in [0, 0.05) is 24.0 Å². The molecule has 0 saturated carbocycles. The Bertz CT molecular complexity index is 1370. The minimum absolute atomic E-state index is 0.0451. The molecule has 0 aliphatic rings. The second-order valence-corrected chi connectivity index (χ2v) is 6.15. The highest BCUT2D eigenvalue weighted by molar-refractivity contribution is 5.94. The van der Waals surface area contributed by atoms with E-state index in [9.17, 15) is 19.2 Å². The summed E-state index contributed by atoms with van der Waals surface area (Å²) in [4.78, 5) is 56.4. The van der Waals surface area contributed by atoms with Crippen molar-refractivity contribution in [2.75, 3.05) is 14.2 Å². The third-order valence-electron chi connectivity index (χ3n) is 4.69. The van der Waals surface area contributed by atoms with Crippen molar-refractivity contribution in [3.63, 3.8) is 0 Å². The van der Waals surface area contributed by atoms with Gasteiger partial charge in [0.25, 0.3) is 11.1 Å². The molecule has 0 radical (unpaired) electrons. The van der Waals surface area contributed by atoms with Crippen molar-refractivity contribution in [2.45, 2.75) is 6.54 Å². The predicted molar refractivity (Wildman–Crippen MR) is 103 cm³/mol. The molecule has 0 unspecified atom stereocenters. The molecule has 0 saturated heterocycles. The van der Waals surface area contributed by atoms with Gasteiger partial charge >= 0.3 is 0 Å². The van der Waals surface area contributed by atoms with Crippen LogP contribution in [0.15, 0.2) is 49.8 Å². The fraction of sp³-hybridized carbons (Fsp3) is 0.158. The molecule has 2 aromatic carbocycles. The topological polar surface area (TPSA) is 123 Å². The van der Waals surface area contributed by atoms with Crippen molar-refractivity contribution in [2.24, 2.45) is 0 Å². The maximum atomic E-state index is 12.8. The summed E-state index contributed by atoms with van der Waals surface area (Å²) in [6.45, 7) is -0.151. The lowest BCUT2D eigenvalue weighted by Gasteiger charge is -2.10. The predicted octanol–water partition coefficient (Wildman–Crippen LogP) is 0.395. The number of aromatic amines is 2. The van der Waals surface area contributed by atoms with E-state index >= 15 is 0 Å². The van der Waals surface area contributed by atoms with Crippen LogP contribution < -0.4 is 31.4 Å². The normalized spacial score (nSPS) is 11.2. The minimum atomic E-state index is -0.806. The summed E-state index contributed by atoms with van der Waals surface area (Å²) in [6.07, 6.45) is 2.85. The van der Waals surface area contributed by atoms with E-state index in [4.69, 9.17) is 9.47 Å². The average molecular weight is 381 g/mol. The van der Waals surface area contributed by atoms with Crippen LogP contribution in [0, 0.1) is 0 Å². The maximum Gasteiger partial charge on any atom is 0.266 e. The molecule has 0 atom stereocenters. The van der Waals surface area contributed by atoms with Crippen molar-refractivity contribution >= 4 is 21.8 Å². The van der Waals surface area contributed by atoms with Crippen LogP contribution in [0.1, 0.15) is 5.56 Å². The highest BCUT2D eigenvalue weighted by Gasteiger charge is 2.23. The van der Waals surface area contributed by atoms with Crippen LogP contribution in [-0.2, 0) is 6.54 Å². The summed E-state index contributed by atoms with van der Waals surface area (Å²) in [5, 5.41) is -0.823. The van der Waals surface area contributed by atoms with Crippen molar-refractivity contribution in [1.82, 2.24) is 14.5 Å². The van der Waals surface area contributed by atoms with E-state index in [-0.39, 0.29) is 17.6 Å². The van der Waals surface area contributed by atoms with E-state index in [0.717, 1.165) is 4.57 Å². The summed E-state index contributed by atoms with van der Waals surface area (Å²) in [5.41, 5.74) is -2.56. The first kappa shape index (κ1) is 17.5. The van der Waals surface area contributed by atoms with Crippen molar-refractivity contribution in [3.8, 4) is 11.5 Å². The first-order chi connectivity index (χ1) is 13.5. The number of rotatable bonds is 4. The highest BCUT2D eigenvalue weighted by Crippen LogP contribution is 2.24. The zero-order valence-corrected chi connectivity index (χ0v) is 15.0. The third kappa shape index (κ3) is 2.40. The van der Waals surface area contributed by atoms with E-state index in [0.29, 0.717) is 17.1 Å². The smallest absolute Gasteiger partial charge is 0.266 e. The van der Waals surface area contributed by atoms with Crippen LogP contribution in [-0.4, -0.2) is 28.8 Å². The molecule has 28 heavy (non-hydrogen) atoms. The minimum Gasteiger partial charge on any atom is -0.497 e. The quantitative estimate of drug-likeness (QED) is 0.527. The van der Waals surface area contributed by atoms with Crippen LogP contribution >= 0.6 is 0 Å². The molecule has 142 valence electrons. The molecule has 2 aromatic heterocycles. The van der Waals surface area contributed by atoms with Gasteiger partial charge in [-0.15, -0.1) is 0 Å². The molecule has 2 heterocycles. The number of fused-ring (bicyclic) bond motifs is 2. The summed E-state index contributed by atoms with van der Waals surface area (Å²) in [5.74, 6) is 0.955. The van der Waals surface area contributed by atoms with Gasteiger partial charge in [-0.25, -0.2) is 0 Å². The van der Waals surface area contributed by atoms with Gasteiger partial charge < -0.3 is 19.4 Å². The molecule has 0 amide bonds. The van der Waals surface area contributed by atoms with Crippen LogP contribution in [0.5, 0.6) is 11.5 Å². The third-order valence-corrected chi connectivity index (χ3v) is 4.69. The summed E-state index contributed by atoms with van der Waals surface area (Å²) in [7, 11) is 2.95. The molecule has 2 N–H and O–H groups in total. The molecule has 0 aliphatic carbocycles. The molecule has 4 rings (SSSR count). The molecule has 4 aromatic rings. The molecule has 0 fully saturated rings. The van der Waals surface area contributed by atoms with Gasteiger partial charge in [-0.2, -0.15) is 0 Å². The fourth-order valence-electron chi connectivity index (χ4n) is 3.30. The van der Waals surface area contributed by atoms with Crippen LogP contribution in [0.25, 0.3) is 21.8 Å².